The SMILES string of the molecule is NC(=O)c1cc(-c2ccc(F)c(Cl)c2)nc2c1[nH]c1cc(C(=O)N3CCOCC3)ccc12. The molecule has 162 valence electrons. The van der Waals surface area contributed by atoms with Crippen LogP contribution in [0.4, 0.5) is 4.39 Å². The Morgan fingerprint density at radius 1 is 1.12 bits per heavy atom. The number of fused-ring (bicyclic) bond motifs is 3. The van der Waals surface area contributed by atoms with Crippen molar-refractivity contribution in [3.63, 3.8) is 0 Å². The lowest BCUT2D eigenvalue weighted by Crippen LogP contribution is -2.40. The smallest absolute Gasteiger partial charge is 0.254 e. The molecule has 0 spiro atoms. The first-order chi connectivity index (χ1) is 15.4. The zero-order chi connectivity index (χ0) is 22.4. The molecule has 0 saturated carbocycles. The Hall–Kier alpha value is -3.49. The first-order valence-corrected chi connectivity index (χ1v) is 10.4. The molecule has 2 aromatic carbocycles. The number of nitrogens with zero attached hydrogens (tertiary/aromatic N) is 2. The number of ether oxygens (including phenoxy) is 1. The van der Waals surface area contributed by atoms with E-state index < -0.39 is 11.7 Å². The summed E-state index contributed by atoms with van der Waals surface area (Å²) in [5.41, 5.74) is 9.03. The van der Waals surface area contributed by atoms with Crippen LogP contribution >= 0.6 is 11.6 Å². The van der Waals surface area contributed by atoms with Gasteiger partial charge < -0.3 is 20.4 Å². The number of pyridine rings is 1. The topological polar surface area (TPSA) is 101 Å². The van der Waals surface area contributed by atoms with Crippen molar-refractivity contribution in [1.82, 2.24) is 14.9 Å². The molecular weight excluding hydrogens is 435 g/mol. The number of amides is 2. The number of halogens is 2. The van der Waals surface area contributed by atoms with Crippen molar-refractivity contribution in [2.24, 2.45) is 5.73 Å². The van der Waals surface area contributed by atoms with Gasteiger partial charge in [-0.1, -0.05) is 11.6 Å². The lowest BCUT2D eigenvalue weighted by molar-refractivity contribution is 0.0303. The van der Waals surface area contributed by atoms with E-state index in [1.807, 2.05) is 0 Å². The summed E-state index contributed by atoms with van der Waals surface area (Å²) in [7, 11) is 0. The van der Waals surface area contributed by atoms with E-state index >= 15 is 0 Å². The van der Waals surface area contributed by atoms with E-state index in [-0.39, 0.29) is 16.5 Å². The van der Waals surface area contributed by atoms with Gasteiger partial charge in [0.1, 0.15) is 5.82 Å². The van der Waals surface area contributed by atoms with Crippen LogP contribution in [0, 0.1) is 5.82 Å². The summed E-state index contributed by atoms with van der Waals surface area (Å²) >= 11 is 5.93. The zero-order valence-electron chi connectivity index (χ0n) is 16.8. The van der Waals surface area contributed by atoms with Crippen molar-refractivity contribution in [2.45, 2.75) is 0 Å². The van der Waals surface area contributed by atoms with Crippen LogP contribution in [-0.4, -0.2) is 53.0 Å². The molecule has 0 atom stereocenters. The van der Waals surface area contributed by atoms with Crippen molar-refractivity contribution in [1.29, 1.82) is 0 Å². The number of primary amides is 1. The number of hydrogen-bond donors (Lipinski definition) is 2. The number of H-pyrrole nitrogens is 1. The molecule has 2 amide bonds. The fraction of sp³-hybridized carbons (Fsp3) is 0.174. The molecule has 3 N–H and O–H groups in total. The Labute approximate surface area is 186 Å². The lowest BCUT2D eigenvalue weighted by atomic mass is 10.1. The van der Waals surface area contributed by atoms with E-state index in [0.717, 1.165) is 5.39 Å². The molecule has 2 aromatic heterocycles. The Balaban J connectivity index is 1.65. The van der Waals surface area contributed by atoms with Crippen LogP contribution in [0.25, 0.3) is 33.2 Å². The van der Waals surface area contributed by atoms with Crippen LogP contribution in [0.3, 0.4) is 0 Å². The fourth-order valence-corrected chi connectivity index (χ4v) is 4.12. The van der Waals surface area contributed by atoms with E-state index in [9.17, 15) is 14.0 Å². The van der Waals surface area contributed by atoms with Crippen molar-refractivity contribution in [3.05, 3.63) is 64.4 Å². The molecule has 7 nitrogen and oxygen atoms in total. The normalized spacial score (nSPS) is 14.2. The summed E-state index contributed by atoms with van der Waals surface area (Å²) in [6, 6.07) is 11.0. The first-order valence-electron chi connectivity index (χ1n) is 10.0. The summed E-state index contributed by atoms with van der Waals surface area (Å²) in [5.74, 6) is -1.27. The molecular formula is C23H18ClFN4O3. The maximum Gasteiger partial charge on any atom is 0.254 e. The van der Waals surface area contributed by atoms with Crippen LogP contribution in [0.1, 0.15) is 20.7 Å². The van der Waals surface area contributed by atoms with Crippen LogP contribution in [0.15, 0.2) is 42.5 Å². The number of rotatable bonds is 3. The number of aromatic amines is 1. The number of carbonyl (C=O) groups excluding carboxylic acids is 2. The third kappa shape index (κ3) is 3.47. The van der Waals surface area contributed by atoms with Crippen LogP contribution in [0.2, 0.25) is 5.02 Å². The van der Waals surface area contributed by atoms with Gasteiger partial charge in [-0.15, -0.1) is 0 Å². The molecule has 1 aliphatic heterocycles. The van der Waals surface area contributed by atoms with Gasteiger partial charge in [-0.3, -0.25) is 9.59 Å². The molecule has 1 aliphatic rings. The minimum atomic E-state index is -0.636. The molecule has 0 unspecified atom stereocenters. The summed E-state index contributed by atoms with van der Waals surface area (Å²) < 4.78 is 18.9. The second-order valence-corrected chi connectivity index (χ2v) is 7.97. The number of nitrogens with one attached hydrogen (secondary N) is 1. The number of aromatic nitrogens is 2. The van der Waals surface area contributed by atoms with Gasteiger partial charge in [0, 0.05) is 35.1 Å². The van der Waals surface area contributed by atoms with Crippen LogP contribution in [-0.2, 0) is 4.74 Å². The fourth-order valence-electron chi connectivity index (χ4n) is 3.94. The first kappa shape index (κ1) is 20.4. The molecule has 0 radical (unpaired) electrons. The van der Waals surface area contributed by atoms with Gasteiger partial charge in [0.2, 0.25) is 0 Å². The number of nitrogens with two attached hydrogens (primary N) is 1. The van der Waals surface area contributed by atoms with Gasteiger partial charge in [0.25, 0.3) is 11.8 Å². The van der Waals surface area contributed by atoms with Gasteiger partial charge in [-0.05, 0) is 42.5 Å². The number of benzene rings is 2. The quantitative estimate of drug-likeness (QED) is 0.494. The Morgan fingerprint density at radius 3 is 2.62 bits per heavy atom. The van der Waals surface area contributed by atoms with Gasteiger partial charge in [-0.2, -0.15) is 0 Å². The highest BCUT2D eigenvalue weighted by Crippen LogP contribution is 2.32. The van der Waals surface area contributed by atoms with Crippen LogP contribution < -0.4 is 5.73 Å². The average Bonchev–Trinajstić information content (AvgIpc) is 3.18. The molecule has 0 bridgehead atoms. The number of hydrogen-bond acceptors (Lipinski definition) is 4. The van der Waals surface area contributed by atoms with Gasteiger partial charge in [0.15, 0.2) is 0 Å². The second kappa shape index (κ2) is 7.89. The van der Waals surface area contributed by atoms with E-state index in [2.05, 4.69) is 9.97 Å². The molecule has 1 fully saturated rings. The van der Waals surface area contributed by atoms with E-state index in [1.165, 1.54) is 18.2 Å². The molecule has 1 saturated heterocycles. The summed E-state index contributed by atoms with van der Waals surface area (Å²) in [4.78, 5) is 34.7. The monoisotopic (exact) mass is 452 g/mol. The predicted molar refractivity (Wildman–Crippen MR) is 119 cm³/mol. The molecule has 4 aromatic rings. The van der Waals surface area contributed by atoms with E-state index in [0.29, 0.717) is 59.7 Å². The van der Waals surface area contributed by atoms with Crippen molar-refractivity contribution >= 4 is 45.4 Å². The highest BCUT2D eigenvalue weighted by atomic mass is 35.5. The molecule has 3 heterocycles. The third-order valence-electron chi connectivity index (χ3n) is 5.58. The number of carbonyl (C=O) groups is 2. The van der Waals surface area contributed by atoms with E-state index in [4.69, 9.17) is 22.1 Å². The molecule has 0 aliphatic carbocycles. The maximum atomic E-state index is 13.6. The summed E-state index contributed by atoms with van der Waals surface area (Å²) in [5, 5.41) is 0.686. The maximum absolute atomic E-state index is 13.6. The highest BCUT2D eigenvalue weighted by molar-refractivity contribution is 6.31. The third-order valence-corrected chi connectivity index (χ3v) is 5.87. The Bertz CT molecular complexity index is 1400. The minimum Gasteiger partial charge on any atom is -0.378 e. The summed E-state index contributed by atoms with van der Waals surface area (Å²) in [6.07, 6.45) is 0. The van der Waals surface area contributed by atoms with Gasteiger partial charge in [0.05, 0.1) is 40.5 Å². The zero-order valence-corrected chi connectivity index (χ0v) is 17.6. The van der Waals surface area contributed by atoms with Crippen molar-refractivity contribution < 1.29 is 18.7 Å². The molecule has 9 heteroatoms. The van der Waals surface area contributed by atoms with Crippen molar-refractivity contribution in [3.8, 4) is 11.3 Å². The summed E-state index contributed by atoms with van der Waals surface area (Å²) in [6.45, 7) is 2.12. The van der Waals surface area contributed by atoms with Gasteiger partial charge >= 0.3 is 0 Å². The Morgan fingerprint density at radius 2 is 1.91 bits per heavy atom. The minimum absolute atomic E-state index is 0.0461. The van der Waals surface area contributed by atoms with E-state index in [1.54, 1.807) is 29.2 Å². The van der Waals surface area contributed by atoms with Crippen LogP contribution in [0.5, 0.6) is 0 Å². The highest BCUT2D eigenvalue weighted by Gasteiger charge is 2.21. The molecule has 32 heavy (non-hydrogen) atoms. The Kier molecular flexibility index (Phi) is 5.03. The molecule has 5 rings (SSSR count). The standard InChI is InChI=1S/C23H18ClFN4O3/c24-16-9-12(2-4-17(16)25)18-11-15(22(26)30)21-20(27-18)14-3-1-13(10-19(14)28-21)23(31)29-5-7-32-8-6-29/h1-4,9-11,28H,5-8H2,(H2,26,30). The van der Waals surface area contributed by atoms with Gasteiger partial charge in [-0.25, -0.2) is 9.37 Å². The lowest BCUT2D eigenvalue weighted by Gasteiger charge is -2.26. The van der Waals surface area contributed by atoms with Crippen molar-refractivity contribution in [2.75, 3.05) is 26.3 Å². The number of morpholine rings is 1. The largest absolute Gasteiger partial charge is 0.378 e. The predicted octanol–water partition coefficient (Wildman–Crippen LogP) is 3.75. The average molecular weight is 453 g/mol. The second-order valence-electron chi connectivity index (χ2n) is 7.56.